The van der Waals surface area contributed by atoms with Crippen LogP contribution in [-0.2, 0) is 14.4 Å². The van der Waals surface area contributed by atoms with Gasteiger partial charge in [0.25, 0.3) is 0 Å². The lowest BCUT2D eigenvalue weighted by atomic mass is 10.1. The summed E-state index contributed by atoms with van der Waals surface area (Å²) >= 11 is 1.59. The number of allylic oxidation sites excluding steroid dienone is 1. The molecule has 0 saturated carbocycles. The number of nitrogens with zero attached hydrogens (tertiary/aromatic N) is 1. The molecule has 0 spiro atoms. The lowest BCUT2D eigenvalue weighted by molar-refractivity contribution is -0.143. The van der Waals surface area contributed by atoms with Crippen LogP contribution in [0, 0.1) is 0 Å². The van der Waals surface area contributed by atoms with Crippen LogP contribution in [0.1, 0.15) is 33.1 Å². The third kappa shape index (κ3) is 3.07. The number of amides is 2. The van der Waals surface area contributed by atoms with Gasteiger partial charge in [0, 0.05) is 12.2 Å². The van der Waals surface area contributed by atoms with E-state index in [2.05, 4.69) is 5.32 Å². The average molecular weight is 312 g/mol. The fourth-order valence-corrected chi connectivity index (χ4v) is 4.21. The SMILES string of the molecule is C/C=C/CC(NC(=O)C1CSC2(C)CCC(=O)N12)C(=O)O. The maximum Gasteiger partial charge on any atom is 0.326 e. The summed E-state index contributed by atoms with van der Waals surface area (Å²) in [6, 6.07) is -1.52. The van der Waals surface area contributed by atoms with Gasteiger partial charge in [-0.2, -0.15) is 0 Å². The van der Waals surface area contributed by atoms with Gasteiger partial charge in [-0.05, 0) is 26.7 Å². The molecule has 2 saturated heterocycles. The van der Waals surface area contributed by atoms with Gasteiger partial charge < -0.3 is 15.3 Å². The van der Waals surface area contributed by atoms with Crippen molar-refractivity contribution < 1.29 is 19.5 Å². The van der Waals surface area contributed by atoms with Crippen molar-refractivity contribution in [1.29, 1.82) is 0 Å². The van der Waals surface area contributed by atoms with E-state index in [1.54, 1.807) is 35.7 Å². The molecule has 2 aliphatic heterocycles. The van der Waals surface area contributed by atoms with Crippen molar-refractivity contribution in [1.82, 2.24) is 10.2 Å². The number of hydrogen-bond donors (Lipinski definition) is 2. The Morgan fingerprint density at radius 1 is 1.62 bits per heavy atom. The molecule has 2 aliphatic rings. The van der Waals surface area contributed by atoms with Gasteiger partial charge in [-0.3, -0.25) is 9.59 Å². The van der Waals surface area contributed by atoms with E-state index in [0.29, 0.717) is 12.2 Å². The van der Waals surface area contributed by atoms with E-state index in [1.165, 1.54) is 0 Å². The van der Waals surface area contributed by atoms with E-state index in [4.69, 9.17) is 5.11 Å². The molecule has 2 fully saturated rings. The van der Waals surface area contributed by atoms with Gasteiger partial charge >= 0.3 is 5.97 Å². The van der Waals surface area contributed by atoms with Crippen molar-refractivity contribution in [3.8, 4) is 0 Å². The van der Waals surface area contributed by atoms with Crippen molar-refractivity contribution in [2.24, 2.45) is 0 Å². The molecule has 21 heavy (non-hydrogen) atoms. The predicted molar refractivity (Wildman–Crippen MR) is 79.7 cm³/mol. The third-order valence-electron chi connectivity index (χ3n) is 3.97. The highest BCUT2D eigenvalue weighted by atomic mass is 32.2. The minimum Gasteiger partial charge on any atom is -0.480 e. The van der Waals surface area contributed by atoms with Crippen molar-refractivity contribution in [3.05, 3.63) is 12.2 Å². The lowest BCUT2D eigenvalue weighted by Crippen LogP contribution is -2.53. The summed E-state index contributed by atoms with van der Waals surface area (Å²) in [4.78, 5) is 36.8. The summed E-state index contributed by atoms with van der Waals surface area (Å²) in [6.07, 6.45) is 4.88. The second kappa shape index (κ2) is 6.09. The van der Waals surface area contributed by atoms with Gasteiger partial charge in [-0.15, -0.1) is 11.8 Å². The quantitative estimate of drug-likeness (QED) is 0.739. The predicted octanol–water partition coefficient (Wildman–Crippen LogP) is 0.976. The Labute approximate surface area is 127 Å². The first-order chi connectivity index (χ1) is 9.89. The Morgan fingerprint density at radius 2 is 2.33 bits per heavy atom. The van der Waals surface area contributed by atoms with Crippen LogP contribution in [0.3, 0.4) is 0 Å². The minimum atomic E-state index is -1.07. The molecular formula is C14H20N2O4S. The number of carboxylic acids is 1. The van der Waals surface area contributed by atoms with Crippen LogP contribution in [0.4, 0.5) is 0 Å². The van der Waals surface area contributed by atoms with E-state index in [9.17, 15) is 14.4 Å². The number of fused-ring (bicyclic) bond motifs is 1. The van der Waals surface area contributed by atoms with Crippen LogP contribution in [0.2, 0.25) is 0 Å². The highest BCUT2D eigenvalue weighted by Gasteiger charge is 2.53. The fourth-order valence-electron chi connectivity index (χ4n) is 2.78. The van der Waals surface area contributed by atoms with Crippen LogP contribution in [0.25, 0.3) is 0 Å². The first kappa shape index (κ1) is 15.9. The molecule has 0 bridgehead atoms. The first-order valence-corrected chi connectivity index (χ1v) is 7.98. The summed E-state index contributed by atoms with van der Waals surface area (Å²) in [6.45, 7) is 3.76. The van der Waals surface area contributed by atoms with Gasteiger partial charge in [0.1, 0.15) is 12.1 Å². The number of aliphatic carboxylic acids is 1. The van der Waals surface area contributed by atoms with Crippen molar-refractivity contribution >= 4 is 29.5 Å². The summed E-state index contributed by atoms with van der Waals surface area (Å²) in [5.41, 5.74) is 0. The van der Waals surface area contributed by atoms with Gasteiger partial charge in [0.15, 0.2) is 0 Å². The molecule has 0 aromatic heterocycles. The number of carbonyl (C=O) groups excluding carboxylic acids is 2. The molecule has 3 atom stereocenters. The molecule has 7 heteroatoms. The summed E-state index contributed by atoms with van der Waals surface area (Å²) in [5, 5.41) is 11.7. The molecule has 0 aromatic carbocycles. The molecule has 2 amide bonds. The summed E-state index contributed by atoms with van der Waals surface area (Å²) in [5.74, 6) is -0.951. The second-order valence-corrected chi connectivity index (χ2v) is 6.97. The molecule has 0 aromatic rings. The Balaban J connectivity index is 2.06. The molecular weight excluding hydrogens is 292 g/mol. The number of carbonyl (C=O) groups is 3. The van der Waals surface area contributed by atoms with Crippen LogP contribution in [0.5, 0.6) is 0 Å². The molecule has 2 N–H and O–H groups in total. The summed E-state index contributed by atoms with van der Waals surface area (Å²) in [7, 11) is 0. The molecule has 3 unspecified atom stereocenters. The van der Waals surface area contributed by atoms with Crippen LogP contribution in [0.15, 0.2) is 12.2 Å². The fraction of sp³-hybridized carbons (Fsp3) is 0.643. The number of thioether (sulfide) groups is 1. The Kier molecular flexibility index (Phi) is 4.61. The first-order valence-electron chi connectivity index (χ1n) is 6.99. The van der Waals surface area contributed by atoms with Crippen LogP contribution < -0.4 is 5.32 Å². The smallest absolute Gasteiger partial charge is 0.326 e. The average Bonchev–Trinajstić information content (AvgIpc) is 2.91. The molecule has 2 rings (SSSR count). The Bertz CT molecular complexity index is 493. The molecule has 2 heterocycles. The third-order valence-corrected chi connectivity index (χ3v) is 5.47. The Hall–Kier alpha value is -1.50. The van der Waals surface area contributed by atoms with E-state index in [0.717, 1.165) is 6.42 Å². The highest BCUT2D eigenvalue weighted by Crippen LogP contribution is 2.47. The lowest BCUT2D eigenvalue weighted by Gasteiger charge is -2.30. The number of rotatable bonds is 5. The second-order valence-electron chi connectivity index (χ2n) is 5.47. The monoisotopic (exact) mass is 312 g/mol. The number of carboxylic acid groups (broad SMARTS) is 1. The van der Waals surface area contributed by atoms with Crippen molar-refractivity contribution in [2.75, 3.05) is 5.75 Å². The van der Waals surface area contributed by atoms with Gasteiger partial charge in [-0.1, -0.05) is 12.2 Å². The van der Waals surface area contributed by atoms with Gasteiger partial charge in [-0.25, -0.2) is 4.79 Å². The van der Waals surface area contributed by atoms with Gasteiger partial charge in [0.05, 0.1) is 4.87 Å². The molecule has 116 valence electrons. The minimum absolute atomic E-state index is 0.0250. The molecule has 0 radical (unpaired) electrons. The van der Waals surface area contributed by atoms with Crippen molar-refractivity contribution in [2.45, 2.75) is 50.1 Å². The molecule has 6 nitrogen and oxygen atoms in total. The maximum absolute atomic E-state index is 12.3. The maximum atomic E-state index is 12.3. The van der Waals surface area contributed by atoms with E-state index >= 15 is 0 Å². The standard InChI is InChI=1S/C14H20N2O4S/c1-3-4-5-9(13(19)20)15-12(18)10-8-21-14(2)7-6-11(17)16(10)14/h3-4,9-10H,5-8H2,1-2H3,(H,15,18)(H,19,20)/b4-3+. The topological polar surface area (TPSA) is 86.7 Å². The number of hydrogen-bond acceptors (Lipinski definition) is 4. The van der Waals surface area contributed by atoms with E-state index < -0.39 is 18.1 Å². The normalized spacial score (nSPS) is 29.7. The Morgan fingerprint density at radius 3 is 2.95 bits per heavy atom. The van der Waals surface area contributed by atoms with E-state index in [1.807, 2.05) is 6.92 Å². The number of nitrogens with one attached hydrogen (secondary N) is 1. The highest BCUT2D eigenvalue weighted by molar-refractivity contribution is 8.01. The zero-order chi connectivity index (χ0) is 15.6. The van der Waals surface area contributed by atoms with E-state index in [-0.39, 0.29) is 23.1 Å². The summed E-state index contributed by atoms with van der Waals surface area (Å²) < 4.78 is 0. The van der Waals surface area contributed by atoms with Crippen LogP contribution >= 0.6 is 11.8 Å². The van der Waals surface area contributed by atoms with Gasteiger partial charge in [0.2, 0.25) is 11.8 Å². The largest absolute Gasteiger partial charge is 0.480 e. The van der Waals surface area contributed by atoms with Crippen molar-refractivity contribution in [3.63, 3.8) is 0 Å². The van der Waals surface area contributed by atoms with Crippen LogP contribution in [-0.4, -0.2) is 50.5 Å². The molecule has 0 aliphatic carbocycles. The zero-order valence-corrected chi connectivity index (χ0v) is 13.0. The zero-order valence-electron chi connectivity index (χ0n) is 12.2.